The molecule has 0 spiro atoms. The summed E-state index contributed by atoms with van der Waals surface area (Å²) in [6.07, 6.45) is 7.02. The molecule has 2 rings (SSSR count). The first-order valence-electron chi connectivity index (χ1n) is 6.38. The number of anilines is 2. The molecule has 0 aliphatic heterocycles. The van der Waals surface area contributed by atoms with E-state index in [9.17, 15) is 0 Å². The van der Waals surface area contributed by atoms with Gasteiger partial charge < -0.3 is 16.4 Å². The van der Waals surface area contributed by atoms with Crippen LogP contribution in [0.1, 0.15) is 25.7 Å². The van der Waals surface area contributed by atoms with Crippen LogP contribution in [0.25, 0.3) is 0 Å². The van der Waals surface area contributed by atoms with E-state index in [0.717, 1.165) is 30.6 Å². The Labute approximate surface area is 102 Å². The van der Waals surface area contributed by atoms with Gasteiger partial charge in [0.25, 0.3) is 0 Å². The third-order valence-corrected chi connectivity index (χ3v) is 3.20. The normalized spacial score (nSPS) is 15.4. The third kappa shape index (κ3) is 3.85. The predicted molar refractivity (Wildman–Crippen MR) is 70.0 cm³/mol. The minimum atomic E-state index is 0.606. The molecular formula is C12H21N5. The second kappa shape index (κ2) is 6.39. The fourth-order valence-corrected chi connectivity index (χ4v) is 1.94. The van der Waals surface area contributed by atoms with E-state index in [2.05, 4.69) is 20.6 Å². The van der Waals surface area contributed by atoms with Crippen molar-refractivity contribution in [2.75, 3.05) is 30.3 Å². The zero-order chi connectivity index (χ0) is 11.9. The van der Waals surface area contributed by atoms with Crippen LogP contribution < -0.4 is 16.4 Å². The van der Waals surface area contributed by atoms with Crippen LogP contribution in [-0.4, -0.2) is 29.6 Å². The van der Waals surface area contributed by atoms with Crippen LogP contribution in [0.4, 0.5) is 11.6 Å². The van der Waals surface area contributed by atoms with Gasteiger partial charge in [-0.05, 0) is 12.3 Å². The summed E-state index contributed by atoms with van der Waals surface area (Å²) in [5.74, 6) is 2.65. The van der Waals surface area contributed by atoms with Crippen molar-refractivity contribution < 1.29 is 0 Å². The summed E-state index contributed by atoms with van der Waals surface area (Å²) in [5, 5.41) is 6.48. The number of nitrogens with one attached hydrogen (secondary N) is 2. The van der Waals surface area contributed by atoms with E-state index >= 15 is 0 Å². The maximum atomic E-state index is 5.43. The van der Waals surface area contributed by atoms with Gasteiger partial charge in [-0.1, -0.05) is 19.3 Å². The Morgan fingerprint density at radius 2 is 1.88 bits per heavy atom. The topological polar surface area (TPSA) is 75.9 Å². The number of hydrogen-bond donors (Lipinski definition) is 3. The summed E-state index contributed by atoms with van der Waals surface area (Å²) in [6.45, 7) is 2.34. The van der Waals surface area contributed by atoms with Gasteiger partial charge in [0, 0.05) is 25.7 Å². The number of hydrogen-bond acceptors (Lipinski definition) is 5. The first-order valence-corrected chi connectivity index (χ1v) is 6.38. The third-order valence-electron chi connectivity index (χ3n) is 3.20. The first-order chi connectivity index (χ1) is 8.38. The van der Waals surface area contributed by atoms with E-state index in [0.29, 0.717) is 6.54 Å². The van der Waals surface area contributed by atoms with Crippen molar-refractivity contribution in [2.24, 2.45) is 11.7 Å². The molecule has 0 radical (unpaired) electrons. The molecule has 0 atom stereocenters. The summed E-state index contributed by atoms with van der Waals surface area (Å²) in [6, 6.07) is 1.93. The second-order valence-corrected chi connectivity index (χ2v) is 4.52. The number of nitrogens with zero attached hydrogens (tertiary/aromatic N) is 2. The summed E-state index contributed by atoms with van der Waals surface area (Å²) in [4.78, 5) is 8.32. The minimum absolute atomic E-state index is 0.606. The molecule has 4 N–H and O–H groups in total. The molecule has 0 saturated heterocycles. The van der Waals surface area contributed by atoms with E-state index in [4.69, 9.17) is 5.73 Å². The van der Waals surface area contributed by atoms with E-state index in [-0.39, 0.29) is 0 Å². The van der Waals surface area contributed by atoms with Gasteiger partial charge >= 0.3 is 0 Å². The molecule has 5 nitrogen and oxygen atoms in total. The molecule has 17 heavy (non-hydrogen) atoms. The van der Waals surface area contributed by atoms with Crippen LogP contribution in [0.3, 0.4) is 0 Å². The SMILES string of the molecule is NCCNc1cc(NCCC2CCC2)ncn1. The van der Waals surface area contributed by atoms with Gasteiger partial charge in [0.15, 0.2) is 0 Å². The Kier molecular flexibility index (Phi) is 4.55. The van der Waals surface area contributed by atoms with Gasteiger partial charge in [0.2, 0.25) is 0 Å². The molecule has 1 aromatic rings. The summed E-state index contributed by atoms with van der Waals surface area (Å²) >= 11 is 0. The van der Waals surface area contributed by atoms with E-state index in [1.165, 1.54) is 25.7 Å². The van der Waals surface area contributed by atoms with Crippen LogP contribution in [0.15, 0.2) is 12.4 Å². The van der Waals surface area contributed by atoms with Crippen LogP contribution in [0.2, 0.25) is 0 Å². The van der Waals surface area contributed by atoms with Crippen molar-refractivity contribution in [3.8, 4) is 0 Å². The largest absolute Gasteiger partial charge is 0.370 e. The minimum Gasteiger partial charge on any atom is -0.370 e. The lowest BCUT2D eigenvalue weighted by Gasteiger charge is -2.25. The lowest BCUT2D eigenvalue weighted by Crippen LogP contribution is -2.16. The van der Waals surface area contributed by atoms with Crippen LogP contribution in [0.5, 0.6) is 0 Å². The Morgan fingerprint density at radius 3 is 2.47 bits per heavy atom. The molecule has 1 saturated carbocycles. The highest BCUT2D eigenvalue weighted by Gasteiger charge is 2.16. The average Bonchev–Trinajstić information content (AvgIpc) is 2.30. The Balaban J connectivity index is 1.74. The van der Waals surface area contributed by atoms with Gasteiger partial charge in [-0.15, -0.1) is 0 Å². The van der Waals surface area contributed by atoms with E-state index in [1.54, 1.807) is 6.33 Å². The molecule has 94 valence electrons. The van der Waals surface area contributed by atoms with Crippen molar-refractivity contribution in [1.29, 1.82) is 0 Å². The van der Waals surface area contributed by atoms with E-state index < -0.39 is 0 Å². The quantitative estimate of drug-likeness (QED) is 0.667. The number of nitrogens with two attached hydrogens (primary N) is 1. The Hall–Kier alpha value is -1.36. The van der Waals surface area contributed by atoms with Crippen molar-refractivity contribution in [1.82, 2.24) is 9.97 Å². The molecule has 1 fully saturated rings. The lowest BCUT2D eigenvalue weighted by atomic mass is 9.83. The highest BCUT2D eigenvalue weighted by molar-refractivity contribution is 5.46. The summed E-state index contributed by atoms with van der Waals surface area (Å²) in [5.41, 5.74) is 5.43. The van der Waals surface area contributed by atoms with Crippen LogP contribution in [-0.2, 0) is 0 Å². The highest BCUT2D eigenvalue weighted by Crippen LogP contribution is 2.29. The van der Waals surface area contributed by atoms with Gasteiger partial charge in [0.05, 0.1) is 0 Å². The lowest BCUT2D eigenvalue weighted by molar-refractivity contribution is 0.303. The maximum Gasteiger partial charge on any atom is 0.131 e. The molecule has 0 bridgehead atoms. The van der Waals surface area contributed by atoms with Gasteiger partial charge in [-0.2, -0.15) is 0 Å². The van der Waals surface area contributed by atoms with Crippen molar-refractivity contribution in [2.45, 2.75) is 25.7 Å². The fraction of sp³-hybridized carbons (Fsp3) is 0.667. The monoisotopic (exact) mass is 235 g/mol. The molecule has 0 aromatic carbocycles. The Bertz CT molecular complexity index is 337. The Morgan fingerprint density at radius 1 is 1.18 bits per heavy atom. The van der Waals surface area contributed by atoms with Crippen molar-refractivity contribution >= 4 is 11.6 Å². The summed E-state index contributed by atoms with van der Waals surface area (Å²) in [7, 11) is 0. The standard InChI is InChI=1S/C12H21N5/c13-5-7-15-12-8-11(16-9-17-12)14-6-4-10-2-1-3-10/h8-10H,1-7,13H2,(H2,14,15,16,17). The second-order valence-electron chi connectivity index (χ2n) is 4.52. The molecular weight excluding hydrogens is 214 g/mol. The molecule has 1 aliphatic carbocycles. The van der Waals surface area contributed by atoms with Gasteiger partial charge in [0.1, 0.15) is 18.0 Å². The zero-order valence-corrected chi connectivity index (χ0v) is 10.2. The molecule has 0 amide bonds. The fourth-order valence-electron chi connectivity index (χ4n) is 1.94. The van der Waals surface area contributed by atoms with Gasteiger partial charge in [-0.3, -0.25) is 0 Å². The number of rotatable bonds is 7. The maximum absolute atomic E-state index is 5.43. The number of aromatic nitrogens is 2. The van der Waals surface area contributed by atoms with E-state index in [1.807, 2.05) is 6.07 Å². The molecule has 1 heterocycles. The summed E-state index contributed by atoms with van der Waals surface area (Å²) < 4.78 is 0. The van der Waals surface area contributed by atoms with Gasteiger partial charge in [-0.25, -0.2) is 9.97 Å². The first kappa shape index (κ1) is 12.1. The van der Waals surface area contributed by atoms with Crippen LogP contribution >= 0.6 is 0 Å². The van der Waals surface area contributed by atoms with Crippen molar-refractivity contribution in [3.63, 3.8) is 0 Å². The van der Waals surface area contributed by atoms with Crippen LogP contribution in [0, 0.1) is 5.92 Å². The molecule has 0 unspecified atom stereocenters. The highest BCUT2D eigenvalue weighted by atomic mass is 15.1. The smallest absolute Gasteiger partial charge is 0.131 e. The molecule has 1 aliphatic rings. The molecule has 1 aromatic heterocycles. The zero-order valence-electron chi connectivity index (χ0n) is 10.2. The average molecular weight is 235 g/mol. The molecule has 5 heteroatoms. The predicted octanol–water partition coefficient (Wildman–Crippen LogP) is 1.45. The van der Waals surface area contributed by atoms with Crippen molar-refractivity contribution in [3.05, 3.63) is 12.4 Å².